The number of aromatic nitrogens is 1. The van der Waals surface area contributed by atoms with E-state index >= 15 is 0 Å². The summed E-state index contributed by atoms with van der Waals surface area (Å²) in [5.74, 6) is -1.05. The standard InChI is InChI=1S/C22H20F2N2O2S/c1-26-12-18(15-4-3-5-16(15)22(26)27)17-11-14(25-29-2)7-9-20(17)28-21-8-6-13(23)10-19(21)24/h6-12,25H,3-5H2,1-2H3. The summed E-state index contributed by atoms with van der Waals surface area (Å²) >= 11 is 1.46. The van der Waals surface area contributed by atoms with Crippen LogP contribution in [-0.2, 0) is 19.9 Å². The number of fused-ring (bicyclic) bond motifs is 1. The molecule has 0 unspecified atom stereocenters. The Morgan fingerprint density at radius 1 is 1.03 bits per heavy atom. The minimum absolute atomic E-state index is 0.0201. The summed E-state index contributed by atoms with van der Waals surface area (Å²) in [6, 6.07) is 8.73. The predicted octanol–water partition coefficient (Wildman–Crippen LogP) is 5.30. The predicted molar refractivity (Wildman–Crippen MR) is 113 cm³/mol. The van der Waals surface area contributed by atoms with Crippen LogP contribution < -0.4 is 15.0 Å². The first-order valence-electron chi connectivity index (χ1n) is 9.25. The Bertz CT molecular complexity index is 1140. The van der Waals surface area contributed by atoms with Crippen molar-refractivity contribution in [1.29, 1.82) is 0 Å². The number of ether oxygens (including phenoxy) is 1. The summed E-state index contributed by atoms with van der Waals surface area (Å²) < 4.78 is 38.1. The van der Waals surface area contributed by atoms with Crippen molar-refractivity contribution < 1.29 is 13.5 Å². The Labute approximate surface area is 171 Å². The van der Waals surface area contributed by atoms with Crippen LogP contribution in [0.15, 0.2) is 47.4 Å². The lowest BCUT2D eigenvalue weighted by Crippen LogP contribution is -2.21. The molecule has 0 atom stereocenters. The van der Waals surface area contributed by atoms with Crippen molar-refractivity contribution >= 4 is 17.6 Å². The van der Waals surface area contributed by atoms with E-state index in [1.54, 1.807) is 23.9 Å². The first-order chi connectivity index (χ1) is 14.0. The van der Waals surface area contributed by atoms with Gasteiger partial charge >= 0.3 is 0 Å². The zero-order valence-corrected chi connectivity index (χ0v) is 16.9. The molecule has 2 aromatic carbocycles. The second-order valence-corrected chi connectivity index (χ2v) is 7.58. The lowest BCUT2D eigenvalue weighted by atomic mass is 9.98. The highest BCUT2D eigenvalue weighted by Gasteiger charge is 2.23. The number of halogens is 2. The van der Waals surface area contributed by atoms with Crippen LogP contribution >= 0.6 is 11.9 Å². The molecule has 1 aliphatic rings. The van der Waals surface area contributed by atoms with Crippen molar-refractivity contribution in [3.8, 4) is 22.6 Å². The zero-order valence-electron chi connectivity index (χ0n) is 16.1. The van der Waals surface area contributed by atoms with Crippen molar-refractivity contribution in [1.82, 2.24) is 4.57 Å². The van der Waals surface area contributed by atoms with Crippen molar-refractivity contribution in [3.63, 3.8) is 0 Å². The maximum atomic E-state index is 14.2. The smallest absolute Gasteiger partial charge is 0.253 e. The molecule has 1 N–H and O–H groups in total. The fourth-order valence-electron chi connectivity index (χ4n) is 3.74. The van der Waals surface area contributed by atoms with Crippen LogP contribution in [0.25, 0.3) is 11.1 Å². The highest BCUT2D eigenvalue weighted by Crippen LogP contribution is 2.40. The van der Waals surface area contributed by atoms with Gasteiger partial charge in [0.15, 0.2) is 11.6 Å². The largest absolute Gasteiger partial charge is 0.454 e. The van der Waals surface area contributed by atoms with Gasteiger partial charge in [-0.2, -0.15) is 0 Å². The Hall–Kier alpha value is -2.80. The molecule has 3 aromatic rings. The molecule has 4 nitrogen and oxygen atoms in total. The first-order valence-corrected chi connectivity index (χ1v) is 10.5. The second kappa shape index (κ2) is 7.91. The van der Waals surface area contributed by atoms with Gasteiger partial charge in [-0.05, 0) is 55.2 Å². The molecule has 0 spiro atoms. The topological polar surface area (TPSA) is 43.3 Å². The first kappa shape index (κ1) is 19.5. The summed E-state index contributed by atoms with van der Waals surface area (Å²) in [7, 11) is 1.73. The zero-order chi connectivity index (χ0) is 20.5. The average molecular weight is 414 g/mol. The molecular weight excluding hydrogens is 394 g/mol. The molecule has 1 aromatic heterocycles. The Balaban J connectivity index is 1.88. The summed E-state index contributed by atoms with van der Waals surface area (Å²) in [5, 5.41) is 0. The average Bonchev–Trinajstić information content (AvgIpc) is 3.18. The van der Waals surface area contributed by atoms with Gasteiger partial charge in [-0.1, -0.05) is 11.9 Å². The third-order valence-electron chi connectivity index (χ3n) is 5.05. The number of rotatable bonds is 5. The fraction of sp³-hybridized carbons (Fsp3) is 0.227. The van der Waals surface area contributed by atoms with Crippen molar-refractivity contribution in [2.45, 2.75) is 19.3 Å². The van der Waals surface area contributed by atoms with E-state index in [1.807, 2.05) is 18.4 Å². The number of pyridine rings is 1. The van der Waals surface area contributed by atoms with Gasteiger partial charge in [0, 0.05) is 47.9 Å². The molecule has 1 aliphatic carbocycles. The van der Waals surface area contributed by atoms with E-state index in [-0.39, 0.29) is 11.3 Å². The third-order valence-corrected chi connectivity index (χ3v) is 5.49. The van der Waals surface area contributed by atoms with Gasteiger partial charge in [0.25, 0.3) is 5.56 Å². The molecule has 4 rings (SSSR count). The maximum Gasteiger partial charge on any atom is 0.253 e. The Morgan fingerprint density at radius 2 is 1.79 bits per heavy atom. The highest BCUT2D eigenvalue weighted by atomic mass is 32.2. The fourth-order valence-corrected chi connectivity index (χ4v) is 4.10. The van der Waals surface area contributed by atoms with Crippen molar-refractivity contribution in [3.05, 3.63) is 75.7 Å². The van der Waals surface area contributed by atoms with Gasteiger partial charge in [0.1, 0.15) is 11.6 Å². The summed E-state index contributed by atoms with van der Waals surface area (Å²) in [6.45, 7) is 0. The van der Waals surface area contributed by atoms with E-state index in [1.165, 1.54) is 18.0 Å². The Kier molecular flexibility index (Phi) is 5.32. The molecule has 0 radical (unpaired) electrons. The van der Waals surface area contributed by atoms with E-state index in [9.17, 15) is 13.6 Å². The van der Waals surface area contributed by atoms with Crippen LogP contribution in [0.2, 0.25) is 0 Å². The summed E-state index contributed by atoms with van der Waals surface area (Å²) in [6.07, 6.45) is 6.21. The van der Waals surface area contributed by atoms with E-state index in [4.69, 9.17) is 4.74 Å². The number of aryl methyl sites for hydroxylation is 1. The number of hydrogen-bond donors (Lipinski definition) is 1. The van der Waals surface area contributed by atoms with Gasteiger partial charge in [0.05, 0.1) is 0 Å². The van der Waals surface area contributed by atoms with Crippen LogP contribution in [0.4, 0.5) is 14.5 Å². The van der Waals surface area contributed by atoms with Crippen molar-refractivity contribution in [2.75, 3.05) is 11.0 Å². The molecule has 1 heterocycles. The molecule has 0 saturated heterocycles. The molecule has 0 amide bonds. The third kappa shape index (κ3) is 3.74. The minimum atomic E-state index is -0.770. The molecule has 0 aliphatic heterocycles. The monoisotopic (exact) mass is 414 g/mol. The van der Waals surface area contributed by atoms with Crippen LogP contribution in [0.3, 0.4) is 0 Å². The number of nitrogens with one attached hydrogen (secondary N) is 1. The molecular formula is C22H20F2N2O2S. The second-order valence-electron chi connectivity index (χ2n) is 6.96. The number of nitrogens with zero attached hydrogens (tertiary/aromatic N) is 1. The van der Waals surface area contributed by atoms with Crippen LogP contribution in [0, 0.1) is 11.6 Å². The van der Waals surface area contributed by atoms with Crippen LogP contribution in [-0.4, -0.2) is 10.8 Å². The number of hydrogen-bond acceptors (Lipinski definition) is 4. The van der Waals surface area contributed by atoms with E-state index in [0.717, 1.165) is 59.3 Å². The molecule has 29 heavy (non-hydrogen) atoms. The van der Waals surface area contributed by atoms with Crippen LogP contribution in [0.5, 0.6) is 11.5 Å². The van der Waals surface area contributed by atoms with Gasteiger partial charge in [-0.25, -0.2) is 8.78 Å². The Morgan fingerprint density at radius 3 is 2.55 bits per heavy atom. The van der Waals surface area contributed by atoms with Gasteiger partial charge in [0.2, 0.25) is 0 Å². The molecule has 0 fully saturated rings. The van der Waals surface area contributed by atoms with Crippen LogP contribution in [0.1, 0.15) is 17.5 Å². The minimum Gasteiger partial charge on any atom is -0.454 e. The highest BCUT2D eigenvalue weighted by molar-refractivity contribution is 7.99. The quantitative estimate of drug-likeness (QED) is 0.575. The van der Waals surface area contributed by atoms with Gasteiger partial charge in [-0.15, -0.1) is 0 Å². The van der Waals surface area contributed by atoms with E-state index < -0.39 is 11.6 Å². The lowest BCUT2D eigenvalue weighted by Gasteiger charge is -2.17. The SMILES string of the molecule is CSNc1ccc(Oc2ccc(F)cc2F)c(-c2cn(C)c(=O)c3c2CCC3)c1. The molecule has 0 bridgehead atoms. The number of benzene rings is 2. The molecule has 7 heteroatoms. The lowest BCUT2D eigenvalue weighted by molar-refractivity contribution is 0.439. The molecule has 150 valence electrons. The number of anilines is 1. The molecule has 0 saturated carbocycles. The van der Waals surface area contributed by atoms with E-state index in [2.05, 4.69) is 4.72 Å². The van der Waals surface area contributed by atoms with Crippen molar-refractivity contribution in [2.24, 2.45) is 7.05 Å². The maximum absolute atomic E-state index is 14.2. The van der Waals surface area contributed by atoms with Gasteiger partial charge in [-0.3, -0.25) is 4.79 Å². The summed E-state index contributed by atoms with van der Waals surface area (Å²) in [5.41, 5.74) is 4.36. The van der Waals surface area contributed by atoms with Gasteiger partial charge < -0.3 is 14.0 Å². The van der Waals surface area contributed by atoms with E-state index in [0.29, 0.717) is 5.75 Å². The normalized spacial score (nSPS) is 12.7. The summed E-state index contributed by atoms with van der Waals surface area (Å²) in [4.78, 5) is 12.5.